The standard InChI is InChI=1S/C18H13F3N2O2/c19-18(20,21)15-6-2-1-5-14(15)16-10-13(25-23-16)7-8-17(24)12-4-3-9-22-11-12/h1-6,9-11H,7-8H2. The average Bonchev–Trinajstić information content (AvgIpc) is 3.08. The third-order valence-electron chi connectivity index (χ3n) is 3.65. The molecule has 7 heteroatoms. The molecule has 2 heterocycles. The molecule has 0 bridgehead atoms. The highest BCUT2D eigenvalue weighted by atomic mass is 19.4. The first-order valence-electron chi connectivity index (χ1n) is 7.50. The third kappa shape index (κ3) is 3.93. The van der Waals surface area contributed by atoms with E-state index in [9.17, 15) is 18.0 Å². The van der Waals surface area contributed by atoms with Crippen molar-refractivity contribution in [1.29, 1.82) is 0 Å². The van der Waals surface area contributed by atoms with E-state index < -0.39 is 11.7 Å². The number of nitrogens with zero attached hydrogens (tertiary/aromatic N) is 2. The zero-order chi connectivity index (χ0) is 17.9. The van der Waals surface area contributed by atoms with Gasteiger partial charge in [-0.25, -0.2) is 0 Å². The molecule has 25 heavy (non-hydrogen) atoms. The summed E-state index contributed by atoms with van der Waals surface area (Å²) >= 11 is 0. The minimum absolute atomic E-state index is 0.0522. The second kappa shape index (κ2) is 6.88. The first-order chi connectivity index (χ1) is 11.9. The van der Waals surface area contributed by atoms with Crippen LogP contribution in [-0.4, -0.2) is 15.9 Å². The molecule has 0 radical (unpaired) electrons. The topological polar surface area (TPSA) is 56.0 Å². The fourth-order valence-corrected chi connectivity index (χ4v) is 2.42. The Hall–Kier alpha value is -2.96. The summed E-state index contributed by atoms with van der Waals surface area (Å²) in [5.74, 6) is 0.228. The summed E-state index contributed by atoms with van der Waals surface area (Å²) in [6.07, 6.45) is -1.05. The molecule has 0 atom stereocenters. The number of rotatable bonds is 5. The number of hydrogen-bond donors (Lipinski definition) is 0. The Kier molecular flexibility index (Phi) is 4.65. The van der Waals surface area contributed by atoms with E-state index in [0.717, 1.165) is 6.07 Å². The zero-order valence-corrected chi connectivity index (χ0v) is 13.0. The van der Waals surface area contributed by atoms with E-state index in [1.807, 2.05) is 0 Å². The van der Waals surface area contributed by atoms with Crippen LogP contribution in [0.2, 0.25) is 0 Å². The molecular weight excluding hydrogens is 333 g/mol. The molecule has 0 unspecified atom stereocenters. The van der Waals surface area contributed by atoms with Gasteiger partial charge in [-0.15, -0.1) is 0 Å². The van der Waals surface area contributed by atoms with Crippen molar-refractivity contribution in [2.75, 3.05) is 0 Å². The van der Waals surface area contributed by atoms with E-state index in [-0.39, 0.29) is 29.9 Å². The lowest BCUT2D eigenvalue weighted by Gasteiger charge is -2.10. The Morgan fingerprint density at radius 2 is 1.92 bits per heavy atom. The van der Waals surface area contributed by atoms with Crippen LogP contribution in [0.25, 0.3) is 11.3 Å². The molecule has 128 valence electrons. The van der Waals surface area contributed by atoms with Crippen molar-refractivity contribution >= 4 is 5.78 Å². The van der Waals surface area contributed by atoms with Crippen LogP contribution in [-0.2, 0) is 12.6 Å². The fourth-order valence-electron chi connectivity index (χ4n) is 2.42. The monoisotopic (exact) mass is 346 g/mol. The van der Waals surface area contributed by atoms with Crippen molar-refractivity contribution in [1.82, 2.24) is 10.1 Å². The number of carbonyl (C=O) groups is 1. The number of Topliss-reactive ketones (excluding diaryl/α,β-unsaturated/α-hetero) is 1. The number of aromatic nitrogens is 2. The number of alkyl halides is 3. The highest BCUT2D eigenvalue weighted by molar-refractivity contribution is 5.95. The Morgan fingerprint density at radius 3 is 2.64 bits per heavy atom. The van der Waals surface area contributed by atoms with Crippen LogP contribution in [0.3, 0.4) is 0 Å². The lowest BCUT2D eigenvalue weighted by atomic mass is 10.0. The maximum Gasteiger partial charge on any atom is 0.417 e. The van der Waals surface area contributed by atoms with Crippen LogP contribution in [0.5, 0.6) is 0 Å². The Labute approximate surface area is 141 Å². The number of pyridine rings is 1. The summed E-state index contributed by atoms with van der Waals surface area (Å²) < 4.78 is 44.3. The predicted molar refractivity (Wildman–Crippen MR) is 83.8 cm³/mol. The number of aryl methyl sites for hydroxylation is 1. The van der Waals surface area contributed by atoms with Gasteiger partial charge >= 0.3 is 6.18 Å². The van der Waals surface area contributed by atoms with Crippen molar-refractivity contribution in [3.8, 4) is 11.3 Å². The van der Waals surface area contributed by atoms with E-state index in [4.69, 9.17) is 4.52 Å². The van der Waals surface area contributed by atoms with Gasteiger partial charge in [-0.05, 0) is 18.2 Å². The van der Waals surface area contributed by atoms with Crippen LogP contribution in [0.15, 0.2) is 59.4 Å². The SMILES string of the molecule is O=C(CCc1cc(-c2ccccc2C(F)(F)F)no1)c1cccnc1. The minimum atomic E-state index is -4.48. The molecule has 0 aliphatic heterocycles. The highest BCUT2D eigenvalue weighted by Crippen LogP contribution is 2.36. The largest absolute Gasteiger partial charge is 0.417 e. The fraction of sp³-hybridized carbons (Fsp3) is 0.167. The molecule has 0 N–H and O–H groups in total. The maximum atomic E-state index is 13.1. The van der Waals surface area contributed by atoms with Crippen molar-refractivity contribution in [2.45, 2.75) is 19.0 Å². The number of hydrogen-bond acceptors (Lipinski definition) is 4. The molecule has 0 aliphatic rings. The van der Waals surface area contributed by atoms with E-state index >= 15 is 0 Å². The summed E-state index contributed by atoms with van der Waals surface area (Å²) in [5, 5.41) is 3.71. The first-order valence-corrected chi connectivity index (χ1v) is 7.50. The molecule has 0 amide bonds. The Morgan fingerprint density at radius 1 is 1.12 bits per heavy atom. The van der Waals surface area contributed by atoms with Crippen LogP contribution in [0, 0.1) is 0 Å². The second-order valence-corrected chi connectivity index (χ2v) is 5.39. The summed E-state index contributed by atoms with van der Waals surface area (Å²) in [7, 11) is 0. The molecule has 4 nitrogen and oxygen atoms in total. The van der Waals surface area contributed by atoms with E-state index in [0.29, 0.717) is 11.3 Å². The van der Waals surface area contributed by atoms with Gasteiger partial charge in [0.1, 0.15) is 11.5 Å². The maximum absolute atomic E-state index is 13.1. The lowest BCUT2D eigenvalue weighted by molar-refractivity contribution is -0.137. The van der Waals surface area contributed by atoms with Gasteiger partial charge in [0.15, 0.2) is 5.78 Å². The van der Waals surface area contributed by atoms with Crippen LogP contribution < -0.4 is 0 Å². The summed E-state index contributed by atoms with van der Waals surface area (Å²) in [4.78, 5) is 15.9. The second-order valence-electron chi connectivity index (χ2n) is 5.39. The Bertz CT molecular complexity index is 873. The molecular formula is C18H13F3N2O2. The van der Waals surface area contributed by atoms with Gasteiger partial charge < -0.3 is 4.52 Å². The molecule has 2 aromatic heterocycles. The number of ketones is 1. The summed E-state index contributed by atoms with van der Waals surface area (Å²) in [5.41, 5.74) is -0.258. The van der Waals surface area contributed by atoms with Crippen LogP contribution in [0.4, 0.5) is 13.2 Å². The van der Waals surface area contributed by atoms with Crippen molar-refractivity contribution in [3.63, 3.8) is 0 Å². The summed E-state index contributed by atoms with van der Waals surface area (Å²) in [6, 6.07) is 9.90. The van der Waals surface area contributed by atoms with Gasteiger partial charge in [-0.2, -0.15) is 13.2 Å². The smallest absolute Gasteiger partial charge is 0.361 e. The molecule has 3 aromatic rings. The number of benzene rings is 1. The highest BCUT2D eigenvalue weighted by Gasteiger charge is 2.34. The normalized spacial score (nSPS) is 11.5. The lowest BCUT2D eigenvalue weighted by Crippen LogP contribution is -2.06. The quantitative estimate of drug-likeness (QED) is 0.635. The van der Waals surface area contributed by atoms with Gasteiger partial charge in [-0.1, -0.05) is 23.4 Å². The van der Waals surface area contributed by atoms with E-state index in [1.165, 1.54) is 30.5 Å². The summed E-state index contributed by atoms with van der Waals surface area (Å²) in [6.45, 7) is 0. The van der Waals surface area contributed by atoms with E-state index in [1.54, 1.807) is 18.3 Å². The predicted octanol–water partition coefficient (Wildman–Crippen LogP) is 4.57. The van der Waals surface area contributed by atoms with Gasteiger partial charge in [0.2, 0.25) is 0 Å². The first kappa shape index (κ1) is 16.9. The molecule has 0 saturated heterocycles. The van der Waals surface area contributed by atoms with Gasteiger partial charge in [0, 0.05) is 42.4 Å². The minimum Gasteiger partial charge on any atom is -0.361 e. The van der Waals surface area contributed by atoms with Crippen molar-refractivity contribution < 1.29 is 22.5 Å². The van der Waals surface area contributed by atoms with Crippen LogP contribution >= 0.6 is 0 Å². The third-order valence-corrected chi connectivity index (χ3v) is 3.65. The zero-order valence-electron chi connectivity index (χ0n) is 13.0. The van der Waals surface area contributed by atoms with Gasteiger partial charge in [0.05, 0.1) is 5.56 Å². The van der Waals surface area contributed by atoms with E-state index in [2.05, 4.69) is 10.1 Å². The van der Waals surface area contributed by atoms with Crippen LogP contribution in [0.1, 0.15) is 28.1 Å². The molecule has 0 aliphatic carbocycles. The number of carbonyl (C=O) groups excluding carboxylic acids is 1. The molecule has 0 saturated carbocycles. The molecule has 0 spiro atoms. The molecule has 0 fully saturated rings. The molecule has 3 rings (SSSR count). The van der Waals surface area contributed by atoms with Crippen molar-refractivity contribution in [3.05, 3.63) is 71.7 Å². The molecule has 1 aromatic carbocycles. The van der Waals surface area contributed by atoms with Crippen molar-refractivity contribution in [2.24, 2.45) is 0 Å². The van der Waals surface area contributed by atoms with Gasteiger partial charge in [0.25, 0.3) is 0 Å². The van der Waals surface area contributed by atoms with Gasteiger partial charge in [-0.3, -0.25) is 9.78 Å². The Balaban J connectivity index is 1.75. The average molecular weight is 346 g/mol. The number of halogens is 3.